The van der Waals surface area contributed by atoms with Crippen molar-refractivity contribution in [3.63, 3.8) is 0 Å². The molecule has 3 aliphatic heterocycles. The van der Waals surface area contributed by atoms with Gasteiger partial charge in [-0.3, -0.25) is 9.36 Å². The van der Waals surface area contributed by atoms with Gasteiger partial charge in [0.2, 0.25) is 5.91 Å². The summed E-state index contributed by atoms with van der Waals surface area (Å²) in [5.74, 6) is -0.633. The van der Waals surface area contributed by atoms with Crippen LogP contribution in [0.25, 0.3) is 11.0 Å². The number of nitrogens with one attached hydrogen (secondary N) is 3. The van der Waals surface area contributed by atoms with Crippen LogP contribution in [0, 0.1) is 0 Å². The molecule has 14 nitrogen and oxygen atoms in total. The highest BCUT2D eigenvalue weighted by molar-refractivity contribution is 5.94. The Labute approximate surface area is 301 Å². The number of fused-ring (bicyclic) bond motifs is 1. The van der Waals surface area contributed by atoms with E-state index in [0.717, 1.165) is 22.3 Å². The van der Waals surface area contributed by atoms with Gasteiger partial charge < -0.3 is 40.0 Å². The van der Waals surface area contributed by atoms with E-state index in [1.54, 1.807) is 14.4 Å². The average molecular weight is 709 g/mol. The number of likely N-dealkylation sites (tertiary alicyclic amines) is 2. The van der Waals surface area contributed by atoms with Gasteiger partial charge in [-0.25, -0.2) is 19.2 Å². The van der Waals surface area contributed by atoms with Crippen molar-refractivity contribution in [2.45, 2.75) is 49.9 Å². The number of carbonyl (C=O) groups is 4. The molecule has 4 heterocycles. The Morgan fingerprint density at radius 1 is 0.846 bits per heavy atom. The molecule has 0 radical (unpaired) electrons. The normalized spacial score (nSPS) is 18.1. The minimum absolute atomic E-state index is 0.0475. The summed E-state index contributed by atoms with van der Waals surface area (Å²) in [6, 6.07) is 25.3. The number of hydrogen-bond acceptors (Lipinski definition) is 7. The molecular weight excluding hydrogens is 664 g/mol. The summed E-state index contributed by atoms with van der Waals surface area (Å²) in [6.07, 6.45) is 2.02. The summed E-state index contributed by atoms with van der Waals surface area (Å²) in [4.78, 5) is 76.4. The zero-order chi connectivity index (χ0) is 36.2. The van der Waals surface area contributed by atoms with E-state index in [0.29, 0.717) is 65.1 Å². The first-order valence-electron chi connectivity index (χ1n) is 17.8. The van der Waals surface area contributed by atoms with E-state index in [9.17, 15) is 24.0 Å². The molecule has 3 fully saturated rings. The fourth-order valence-corrected chi connectivity index (χ4v) is 7.85. The van der Waals surface area contributed by atoms with Crippen LogP contribution in [0.15, 0.2) is 89.7 Å². The van der Waals surface area contributed by atoms with Crippen molar-refractivity contribution in [1.82, 2.24) is 34.9 Å². The number of piperidine rings is 2. The molecule has 1 atom stereocenters. The number of carbonyl (C=O) groups excluding carboxylic acids is 4. The fourth-order valence-electron chi connectivity index (χ4n) is 7.85. The molecule has 5 amide bonds. The first-order chi connectivity index (χ1) is 25.3. The maximum atomic E-state index is 14.1. The quantitative estimate of drug-likeness (QED) is 0.238. The number of aromatic nitrogens is 2. The number of rotatable bonds is 8. The van der Waals surface area contributed by atoms with E-state index in [-0.39, 0.29) is 30.2 Å². The number of imidazole rings is 1. The minimum atomic E-state index is -1.11. The first kappa shape index (κ1) is 34.6. The number of para-hydroxylation sites is 3. The second-order valence-corrected chi connectivity index (χ2v) is 13.7. The van der Waals surface area contributed by atoms with Crippen LogP contribution in [0.1, 0.15) is 37.3 Å². The highest BCUT2D eigenvalue weighted by Crippen LogP contribution is 2.40. The number of H-pyrrole nitrogens is 1. The highest BCUT2D eigenvalue weighted by Gasteiger charge is 2.54. The number of benzene rings is 3. The van der Waals surface area contributed by atoms with Crippen LogP contribution in [0.4, 0.5) is 15.3 Å². The van der Waals surface area contributed by atoms with Crippen LogP contribution in [-0.4, -0.2) is 106 Å². The molecule has 0 aliphatic carbocycles. The second-order valence-electron chi connectivity index (χ2n) is 13.7. The predicted molar refractivity (Wildman–Crippen MR) is 194 cm³/mol. The SMILES string of the molecule is COC(=O)[C@H](CNC(=O)N1CCC2(CC1)C(=O)N(Cc1ccccc1)CN2c1ccccc1)NC(=O)N1CCC(n2c(=O)[nH]c3ccccc32)CC1. The number of methoxy groups -OCH3 is 1. The Morgan fingerprint density at radius 3 is 2.17 bits per heavy atom. The number of urea groups is 2. The third-order valence-corrected chi connectivity index (χ3v) is 10.7. The molecule has 1 aromatic heterocycles. The topological polar surface area (TPSA) is 152 Å². The zero-order valence-electron chi connectivity index (χ0n) is 29.2. The van der Waals surface area contributed by atoms with Crippen LogP contribution in [-0.2, 0) is 20.9 Å². The summed E-state index contributed by atoms with van der Waals surface area (Å²) >= 11 is 0. The van der Waals surface area contributed by atoms with Gasteiger partial charge in [-0.2, -0.15) is 0 Å². The van der Waals surface area contributed by atoms with Crippen molar-refractivity contribution in [1.29, 1.82) is 0 Å². The Bertz CT molecular complexity index is 1970. The largest absolute Gasteiger partial charge is 0.467 e. The van der Waals surface area contributed by atoms with Crippen molar-refractivity contribution in [3.05, 3.63) is 101 Å². The van der Waals surface area contributed by atoms with E-state index in [1.807, 2.05) is 89.8 Å². The molecule has 0 bridgehead atoms. The standard InChI is InChI=1S/C38H44N8O6/c1-52-33(47)31(41-36(50)42-20-16-29(17-21-42)46-32-15-9-8-14-30(32)40-37(46)51)24-39-35(49)43-22-18-38(19-23-43)34(48)44(25-27-10-4-2-5-11-27)26-45(38)28-12-6-3-7-13-28/h2-15,29,31H,16-26H2,1H3,(H,39,49)(H,40,51)(H,41,50)/t31-/m0/s1. The summed E-state index contributed by atoms with van der Waals surface area (Å²) in [6.45, 7) is 2.23. The zero-order valence-corrected chi connectivity index (χ0v) is 29.2. The van der Waals surface area contributed by atoms with E-state index in [4.69, 9.17) is 4.74 Å². The van der Waals surface area contributed by atoms with Crippen molar-refractivity contribution in [2.24, 2.45) is 0 Å². The van der Waals surface area contributed by atoms with Crippen molar-refractivity contribution in [3.8, 4) is 0 Å². The lowest BCUT2D eigenvalue weighted by atomic mass is 9.85. The van der Waals surface area contributed by atoms with Gasteiger partial charge in [0.15, 0.2) is 0 Å². The Balaban J connectivity index is 0.946. The fraction of sp³-hybridized carbons (Fsp3) is 0.395. The number of nitrogens with zero attached hydrogens (tertiary/aromatic N) is 5. The van der Waals surface area contributed by atoms with Gasteiger partial charge in [-0.15, -0.1) is 0 Å². The van der Waals surface area contributed by atoms with Crippen molar-refractivity contribution < 1.29 is 23.9 Å². The number of aromatic amines is 1. The van der Waals surface area contributed by atoms with Crippen LogP contribution < -0.4 is 21.2 Å². The molecule has 3 aliphatic rings. The number of anilines is 1. The van der Waals surface area contributed by atoms with E-state index in [1.165, 1.54) is 7.11 Å². The molecule has 14 heteroatoms. The molecule has 3 N–H and O–H groups in total. The molecular formula is C38H44N8O6. The lowest BCUT2D eigenvalue weighted by molar-refractivity contribution is -0.142. The van der Waals surface area contributed by atoms with Gasteiger partial charge in [0.05, 0.1) is 31.4 Å². The van der Waals surface area contributed by atoms with Crippen molar-refractivity contribution >= 4 is 40.7 Å². The van der Waals surface area contributed by atoms with Gasteiger partial charge in [0.1, 0.15) is 11.6 Å². The highest BCUT2D eigenvalue weighted by atomic mass is 16.5. The summed E-state index contributed by atoms with van der Waals surface area (Å²) in [5.41, 5.74) is 2.64. The monoisotopic (exact) mass is 708 g/mol. The first-order valence-corrected chi connectivity index (χ1v) is 17.8. The van der Waals surface area contributed by atoms with E-state index in [2.05, 4.69) is 20.5 Å². The molecule has 0 unspecified atom stereocenters. The van der Waals surface area contributed by atoms with E-state index < -0.39 is 23.6 Å². The lowest BCUT2D eigenvalue weighted by Gasteiger charge is -2.43. The van der Waals surface area contributed by atoms with Gasteiger partial charge >= 0.3 is 23.7 Å². The van der Waals surface area contributed by atoms with Crippen molar-refractivity contribution in [2.75, 3.05) is 51.4 Å². The summed E-state index contributed by atoms with van der Waals surface area (Å²) < 4.78 is 6.71. The third-order valence-electron chi connectivity index (χ3n) is 10.7. The molecule has 1 spiro atoms. The van der Waals surface area contributed by atoms with Crippen LogP contribution in [0.5, 0.6) is 0 Å². The van der Waals surface area contributed by atoms with Crippen LogP contribution in [0.2, 0.25) is 0 Å². The number of amides is 5. The second kappa shape index (κ2) is 14.8. The molecule has 0 saturated carbocycles. The summed E-state index contributed by atoms with van der Waals surface area (Å²) in [7, 11) is 1.23. The smallest absolute Gasteiger partial charge is 0.330 e. The maximum Gasteiger partial charge on any atom is 0.330 e. The van der Waals surface area contributed by atoms with Gasteiger partial charge in [-0.05, 0) is 55.5 Å². The van der Waals surface area contributed by atoms with Crippen LogP contribution >= 0.6 is 0 Å². The average Bonchev–Trinajstić information content (AvgIpc) is 3.65. The molecule has 3 saturated heterocycles. The molecule has 272 valence electrons. The van der Waals surface area contributed by atoms with Gasteiger partial charge in [0.25, 0.3) is 0 Å². The van der Waals surface area contributed by atoms with E-state index >= 15 is 0 Å². The summed E-state index contributed by atoms with van der Waals surface area (Å²) in [5, 5.41) is 5.53. The predicted octanol–water partition coefficient (Wildman–Crippen LogP) is 3.27. The molecule has 7 rings (SSSR count). The number of esters is 1. The Hall–Kier alpha value is -5.79. The van der Waals surface area contributed by atoms with Crippen LogP contribution in [0.3, 0.4) is 0 Å². The third kappa shape index (κ3) is 6.80. The minimum Gasteiger partial charge on any atom is -0.467 e. The Kier molecular flexibility index (Phi) is 9.88. The molecule has 52 heavy (non-hydrogen) atoms. The lowest BCUT2D eigenvalue weighted by Crippen LogP contribution is -2.59. The molecule has 4 aromatic rings. The number of hydrogen-bond donors (Lipinski definition) is 3. The Morgan fingerprint density at radius 2 is 1.48 bits per heavy atom. The number of ether oxygens (including phenoxy) is 1. The van der Waals surface area contributed by atoms with Gasteiger partial charge in [-0.1, -0.05) is 60.7 Å². The van der Waals surface area contributed by atoms with Gasteiger partial charge in [0, 0.05) is 44.5 Å². The molecule has 3 aromatic carbocycles. The maximum absolute atomic E-state index is 14.1.